The Morgan fingerprint density at radius 1 is 1.09 bits per heavy atom. The quantitative estimate of drug-likeness (QED) is 0.338. The van der Waals surface area contributed by atoms with Crippen molar-refractivity contribution in [2.24, 2.45) is 0 Å². The zero-order chi connectivity index (χ0) is 28.9. The number of imidazole rings is 1. The number of piperidine rings is 1. The van der Waals surface area contributed by atoms with E-state index in [1.54, 1.807) is 17.3 Å². The first-order chi connectivity index (χ1) is 19.6. The van der Waals surface area contributed by atoms with Crippen molar-refractivity contribution >= 4 is 18.3 Å². The molecule has 0 bridgehead atoms. The molecule has 0 aliphatic carbocycles. The second-order valence-electron chi connectivity index (χ2n) is 12.2. The average Bonchev–Trinajstić information content (AvgIpc) is 3.65. The second kappa shape index (κ2) is 12.6. The van der Waals surface area contributed by atoms with E-state index in [2.05, 4.69) is 4.98 Å². The molecule has 1 unspecified atom stereocenters. The van der Waals surface area contributed by atoms with E-state index in [4.69, 9.17) is 4.74 Å². The molecule has 6 rings (SSSR count). The molecule has 9 nitrogen and oxygen atoms in total. The van der Waals surface area contributed by atoms with Gasteiger partial charge in [0.2, 0.25) is 0 Å². The summed E-state index contributed by atoms with van der Waals surface area (Å²) in [4.78, 5) is 45.4. The number of amides is 2. The summed E-state index contributed by atoms with van der Waals surface area (Å²) >= 11 is 0. The van der Waals surface area contributed by atoms with Gasteiger partial charge in [0.15, 0.2) is 0 Å². The van der Waals surface area contributed by atoms with Gasteiger partial charge >= 0.3 is 25.0 Å². The van der Waals surface area contributed by atoms with Gasteiger partial charge in [-0.15, -0.1) is 0 Å². The maximum atomic E-state index is 15.3. The van der Waals surface area contributed by atoms with Crippen molar-refractivity contribution in [1.29, 1.82) is 0 Å². The van der Waals surface area contributed by atoms with E-state index in [-0.39, 0.29) is 48.4 Å². The van der Waals surface area contributed by atoms with Crippen LogP contribution in [0.3, 0.4) is 0 Å². The minimum absolute atomic E-state index is 0. The van der Waals surface area contributed by atoms with Crippen LogP contribution in [0.15, 0.2) is 42.7 Å². The number of halogens is 1. The minimum atomic E-state index is -0.965. The third-order valence-electron chi connectivity index (χ3n) is 8.35. The van der Waals surface area contributed by atoms with Crippen molar-refractivity contribution < 1.29 is 47.8 Å². The van der Waals surface area contributed by atoms with Gasteiger partial charge in [0, 0.05) is 43.0 Å². The molecule has 1 fully saturated rings. The molecule has 3 aliphatic heterocycles. The normalized spacial score (nSPS) is 17.1. The number of aryl methyl sites for hydroxylation is 1. The summed E-state index contributed by atoms with van der Waals surface area (Å²) in [6, 6.07) is 10.2. The molecule has 1 saturated heterocycles. The number of fused-ring (bicyclic) bond motifs is 2. The van der Waals surface area contributed by atoms with Crippen molar-refractivity contribution in [3.05, 3.63) is 76.6 Å². The molecule has 2 amide bonds. The topological polar surface area (TPSA) is 115 Å². The molecule has 0 radical (unpaired) electrons. The van der Waals surface area contributed by atoms with Crippen LogP contribution in [0.25, 0.3) is 11.1 Å². The first-order valence-electron chi connectivity index (χ1n) is 14.3. The van der Waals surface area contributed by atoms with Crippen LogP contribution in [0.1, 0.15) is 84.9 Å². The van der Waals surface area contributed by atoms with E-state index in [0.29, 0.717) is 35.8 Å². The zero-order valence-electron chi connectivity index (χ0n) is 25.1. The van der Waals surface area contributed by atoms with E-state index in [0.717, 1.165) is 43.5 Å². The summed E-state index contributed by atoms with van der Waals surface area (Å²) < 4.78 is 22.8. The van der Waals surface area contributed by atoms with Gasteiger partial charge in [0.05, 0.1) is 12.0 Å². The molecular weight excluding hydrogens is 546 g/mol. The maximum absolute atomic E-state index is 15.3. The number of nitrogens with zero attached hydrogens (tertiary/aromatic N) is 4. The van der Waals surface area contributed by atoms with Gasteiger partial charge in [-0.05, 0) is 87.2 Å². The van der Waals surface area contributed by atoms with E-state index in [1.165, 1.54) is 16.5 Å². The Morgan fingerprint density at radius 3 is 2.44 bits per heavy atom. The van der Waals surface area contributed by atoms with Crippen LogP contribution in [-0.4, -0.2) is 61.8 Å². The van der Waals surface area contributed by atoms with Crippen molar-refractivity contribution in [2.75, 3.05) is 13.1 Å². The number of benzene rings is 2. The molecule has 3 aliphatic rings. The molecule has 0 spiro atoms. The SMILES string of the molecule is CC(C)(C)OC(=O)N1CCC(c2ccc(-c3cc(F)c4c(c3)C(=O)N(C([C-]=O)c3ncn5c3CCC5)C4)cc2)CC1.[Li+].[OH-]. The summed E-state index contributed by atoms with van der Waals surface area (Å²) in [5.74, 6) is -0.538. The molecule has 43 heavy (non-hydrogen) atoms. The van der Waals surface area contributed by atoms with Crippen LogP contribution in [0.4, 0.5) is 9.18 Å². The zero-order valence-corrected chi connectivity index (χ0v) is 25.1. The first kappa shape index (κ1) is 32.5. The predicted molar refractivity (Wildman–Crippen MR) is 152 cm³/mol. The standard InChI is InChI=1S/C32H34FN4O4.Li.H2O/c1-32(2,3)41-31(40)35-13-10-22(11-14-35)20-6-8-21(9-7-20)23-15-24-25(26(33)16-23)17-37(30(24)39)28(18-38)29-27-5-4-12-36(27)19-34-29;;/h6-9,15-16,19,22,28H,4-5,10-14,17H2,1-3H3;;1H2/q-1;+1;/p-1. The van der Waals surface area contributed by atoms with Crippen molar-refractivity contribution in [1.82, 2.24) is 19.4 Å². The van der Waals surface area contributed by atoms with Crippen LogP contribution in [0, 0.1) is 5.82 Å². The number of rotatable bonds is 5. The number of carbonyl (C=O) groups is 2. The fourth-order valence-corrected chi connectivity index (χ4v) is 6.23. The van der Waals surface area contributed by atoms with Crippen LogP contribution in [0.5, 0.6) is 0 Å². The van der Waals surface area contributed by atoms with Gasteiger partial charge in [-0.1, -0.05) is 24.3 Å². The third-order valence-corrected chi connectivity index (χ3v) is 8.35. The molecule has 3 aromatic rings. The first-order valence-corrected chi connectivity index (χ1v) is 14.3. The number of aromatic nitrogens is 2. The number of hydrogen-bond donors (Lipinski definition) is 0. The summed E-state index contributed by atoms with van der Waals surface area (Å²) in [6.07, 6.45) is 6.85. The Morgan fingerprint density at radius 2 is 1.79 bits per heavy atom. The van der Waals surface area contributed by atoms with Crippen LogP contribution >= 0.6 is 0 Å². The Hall–Kier alpha value is -3.45. The molecule has 1 N–H and O–H groups in total. The predicted octanol–water partition coefficient (Wildman–Crippen LogP) is 2.38. The Kier molecular flexibility index (Phi) is 9.55. The summed E-state index contributed by atoms with van der Waals surface area (Å²) in [7, 11) is 0. The fraction of sp³-hybridized carbons (Fsp3) is 0.438. The second-order valence-corrected chi connectivity index (χ2v) is 12.2. The Bertz CT molecular complexity index is 1510. The van der Waals surface area contributed by atoms with Crippen LogP contribution in [0.2, 0.25) is 0 Å². The molecule has 2 aromatic carbocycles. The molecule has 4 heterocycles. The van der Waals surface area contributed by atoms with Gasteiger partial charge in [0.25, 0.3) is 5.91 Å². The molecule has 0 saturated carbocycles. The molecular formula is C32H35FLiN4O5-. The van der Waals surface area contributed by atoms with Gasteiger partial charge in [-0.25, -0.2) is 20.5 Å². The molecule has 1 atom stereocenters. The van der Waals surface area contributed by atoms with Crippen molar-refractivity contribution in [3.8, 4) is 11.1 Å². The fourth-order valence-electron chi connectivity index (χ4n) is 6.23. The minimum Gasteiger partial charge on any atom is -0.870 e. The van der Waals surface area contributed by atoms with E-state index in [1.807, 2.05) is 55.9 Å². The van der Waals surface area contributed by atoms with E-state index < -0.39 is 17.5 Å². The van der Waals surface area contributed by atoms with Gasteiger partial charge < -0.3 is 29.4 Å². The third kappa shape index (κ3) is 6.28. The van der Waals surface area contributed by atoms with Crippen LogP contribution in [-0.2, 0) is 29.0 Å². The average molecular weight is 582 g/mol. The van der Waals surface area contributed by atoms with E-state index >= 15 is 4.39 Å². The largest absolute Gasteiger partial charge is 1.00 e. The van der Waals surface area contributed by atoms with Crippen molar-refractivity contribution in [2.45, 2.75) is 77.1 Å². The van der Waals surface area contributed by atoms with Gasteiger partial charge in [-0.2, -0.15) is 0 Å². The maximum Gasteiger partial charge on any atom is 1.00 e. The molecule has 11 heteroatoms. The summed E-state index contributed by atoms with van der Waals surface area (Å²) in [5.41, 5.74) is 4.11. The van der Waals surface area contributed by atoms with Gasteiger partial charge in [-0.3, -0.25) is 4.79 Å². The van der Waals surface area contributed by atoms with E-state index in [9.17, 15) is 14.4 Å². The van der Waals surface area contributed by atoms with Crippen LogP contribution < -0.4 is 18.9 Å². The summed E-state index contributed by atoms with van der Waals surface area (Å²) in [6.45, 7) is 7.71. The number of likely N-dealkylation sites (tertiary alicyclic amines) is 1. The van der Waals surface area contributed by atoms with Gasteiger partial charge in [0.1, 0.15) is 11.4 Å². The smallest absolute Gasteiger partial charge is 0.870 e. The van der Waals surface area contributed by atoms with Crippen molar-refractivity contribution in [3.63, 3.8) is 0 Å². The number of hydrogen-bond acceptors (Lipinski definition) is 6. The summed E-state index contributed by atoms with van der Waals surface area (Å²) in [5, 5.41) is 0. The molecule has 222 valence electrons. The monoisotopic (exact) mass is 581 g/mol. The Labute approximate surface area is 262 Å². The number of ether oxygens (including phenoxy) is 1. The molecule has 1 aromatic heterocycles. The Balaban J connectivity index is 0.00000212. The number of carbonyl (C=O) groups excluding carboxylic acids is 3.